The highest BCUT2D eigenvalue weighted by molar-refractivity contribution is 7.16. The average molecular weight is 290 g/mol. The number of nitrogens with one attached hydrogen (secondary N) is 1. The number of rotatable bonds is 2. The zero-order valence-corrected chi connectivity index (χ0v) is 10.9. The van der Waals surface area contributed by atoms with Crippen LogP contribution < -0.4 is 5.32 Å². The van der Waals surface area contributed by atoms with Gasteiger partial charge >= 0.3 is 0 Å². The molecule has 1 aromatic carbocycles. The van der Waals surface area contributed by atoms with Crippen molar-refractivity contribution in [2.45, 2.75) is 0 Å². The zero-order valence-electron chi connectivity index (χ0n) is 10.1. The van der Waals surface area contributed by atoms with E-state index in [1.165, 1.54) is 18.3 Å². The molecule has 0 saturated heterocycles. The molecular weight excluding hydrogens is 280 g/mol. The molecule has 0 atom stereocenters. The number of hydrogen-bond acceptors (Lipinski definition) is 6. The Labute approximate surface area is 118 Å². The van der Waals surface area contributed by atoms with Gasteiger partial charge in [-0.1, -0.05) is 23.2 Å². The van der Waals surface area contributed by atoms with E-state index in [4.69, 9.17) is 5.11 Å². The third kappa shape index (κ3) is 3.26. The second kappa shape index (κ2) is 6.06. The van der Waals surface area contributed by atoms with Crippen molar-refractivity contribution in [1.29, 1.82) is 0 Å². The molecule has 1 heterocycles. The fourth-order valence-corrected chi connectivity index (χ4v) is 2.07. The monoisotopic (exact) mass is 290 g/mol. The number of amides is 1. The van der Waals surface area contributed by atoms with Crippen molar-refractivity contribution in [2.75, 3.05) is 11.9 Å². The number of aromatic hydroxyl groups is 2. The van der Waals surface area contributed by atoms with E-state index in [1.54, 1.807) is 0 Å². The summed E-state index contributed by atoms with van der Waals surface area (Å²) < 4.78 is 0. The number of carbonyl (C=O) groups excluding carboxylic acids is 1. The number of phenolic OH excluding ortho intramolecular Hbond substituents is 2. The highest BCUT2D eigenvalue weighted by Gasteiger charge is 2.13. The van der Waals surface area contributed by atoms with Crippen LogP contribution in [0.5, 0.6) is 11.5 Å². The highest BCUT2D eigenvalue weighted by atomic mass is 32.1. The Morgan fingerprint density at radius 3 is 2.95 bits per heavy atom. The number of carbonyl (C=O) groups is 1. The first-order valence-corrected chi connectivity index (χ1v) is 6.30. The third-order valence-electron chi connectivity index (χ3n) is 2.24. The van der Waals surface area contributed by atoms with Gasteiger partial charge < -0.3 is 15.3 Å². The number of nitrogens with zero attached hydrogens (tertiary/aromatic N) is 1. The summed E-state index contributed by atoms with van der Waals surface area (Å²) in [5.41, 5.74) is -0.0526. The van der Waals surface area contributed by atoms with Crippen molar-refractivity contribution < 1.29 is 20.1 Å². The molecule has 1 aromatic heterocycles. The predicted octanol–water partition coefficient (Wildman–Crippen LogP) is 1.15. The molecule has 4 N–H and O–H groups in total. The Morgan fingerprint density at radius 1 is 1.40 bits per heavy atom. The van der Waals surface area contributed by atoms with Crippen molar-refractivity contribution in [1.82, 2.24) is 4.98 Å². The topological polar surface area (TPSA) is 103 Å². The quantitative estimate of drug-likeness (QED) is 0.491. The summed E-state index contributed by atoms with van der Waals surface area (Å²) in [6, 6.07) is 3.66. The smallest absolute Gasteiger partial charge is 0.261 e. The van der Waals surface area contributed by atoms with Crippen LogP contribution in [0.3, 0.4) is 0 Å². The lowest BCUT2D eigenvalue weighted by Gasteiger charge is -2.04. The fraction of sp³-hybridized carbons (Fsp3) is 0.0769. The zero-order chi connectivity index (χ0) is 14.5. The lowest BCUT2D eigenvalue weighted by molar-refractivity contribution is 0.102. The van der Waals surface area contributed by atoms with Gasteiger partial charge in [0.25, 0.3) is 5.91 Å². The number of aliphatic hydroxyl groups is 1. The minimum absolute atomic E-state index is 0.0526. The van der Waals surface area contributed by atoms with E-state index in [0.717, 1.165) is 17.4 Å². The van der Waals surface area contributed by atoms with Crippen molar-refractivity contribution in [3.8, 4) is 23.3 Å². The van der Waals surface area contributed by atoms with Crippen LogP contribution in [-0.2, 0) is 0 Å². The molecule has 102 valence electrons. The minimum atomic E-state index is -0.589. The second-order valence-corrected chi connectivity index (χ2v) is 4.68. The van der Waals surface area contributed by atoms with E-state index in [-0.39, 0.29) is 23.7 Å². The molecule has 0 bridgehead atoms. The molecule has 2 aromatic rings. The van der Waals surface area contributed by atoms with Crippen molar-refractivity contribution >= 4 is 22.4 Å². The largest absolute Gasteiger partial charge is 0.508 e. The van der Waals surface area contributed by atoms with Gasteiger partial charge in [0.05, 0.1) is 16.6 Å². The maximum atomic E-state index is 11.9. The Kier molecular flexibility index (Phi) is 4.20. The summed E-state index contributed by atoms with van der Waals surface area (Å²) in [4.78, 5) is 16.5. The van der Waals surface area contributed by atoms with E-state index < -0.39 is 5.91 Å². The Hall–Kier alpha value is -2.56. The maximum absolute atomic E-state index is 11.9. The predicted molar refractivity (Wildman–Crippen MR) is 73.8 cm³/mol. The molecule has 0 aliphatic carbocycles. The fourth-order valence-electron chi connectivity index (χ4n) is 1.39. The van der Waals surface area contributed by atoms with E-state index in [1.807, 2.05) is 0 Å². The van der Waals surface area contributed by atoms with Crippen molar-refractivity contribution in [3.05, 3.63) is 34.8 Å². The molecule has 0 aliphatic rings. The van der Waals surface area contributed by atoms with E-state index >= 15 is 0 Å². The molecule has 1 amide bonds. The molecule has 0 spiro atoms. The van der Waals surface area contributed by atoms with Crippen LogP contribution >= 0.6 is 11.3 Å². The first-order chi connectivity index (χ1) is 9.60. The first kappa shape index (κ1) is 13.9. The molecule has 7 heteroatoms. The lowest BCUT2D eigenvalue weighted by atomic mass is 10.2. The second-order valence-electron chi connectivity index (χ2n) is 3.65. The summed E-state index contributed by atoms with van der Waals surface area (Å²) in [6.45, 7) is -0.253. The van der Waals surface area contributed by atoms with Gasteiger partial charge in [-0.05, 0) is 18.2 Å². The van der Waals surface area contributed by atoms with Gasteiger partial charge in [-0.3, -0.25) is 10.1 Å². The summed E-state index contributed by atoms with van der Waals surface area (Å²) >= 11 is 1.13. The number of aromatic nitrogens is 1. The van der Waals surface area contributed by atoms with Crippen LogP contribution in [0.1, 0.15) is 15.2 Å². The summed E-state index contributed by atoms with van der Waals surface area (Å²) in [6.07, 6.45) is 1.46. The summed E-state index contributed by atoms with van der Waals surface area (Å²) in [5.74, 6) is 4.18. The van der Waals surface area contributed by atoms with Gasteiger partial charge in [0.15, 0.2) is 5.13 Å². The number of benzene rings is 1. The molecule has 0 radical (unpaired) electrons. The van der Waals surface area contributed by atoms with Crippen LogP contribution in [-0.4, -0.2) is 32.8 Å². The van der Waals surface area contributed by atoms with Gasteiger partial charge in [0, 0.05) is 0 Å². The minimum Gasteiger partial charge on any atom is -0.508 e. The molecule has 2 rings (SSSR count). The van der Waals surface area contributed by atoms with Gasteiger partial charge in [-0.15, -0.1) is 0 Å². The van der Waals surface area contributed by atoms with Crippen LogP contribution in [0.2, 0.25) is 0 Å². The average Bonchev–Trinajstić information content (AvgIpc) is 2.86. The van der Waals surface area contributed by atoms with Crippen LogP contribution in [0.4, 0.5) is 5.13 Å². The van der Waals surface area contributed by atoms with Crippen LogP contribution in [0.25, 0.3) is 0 Å². The lowest BCUT2D eigenvalue weighted by Crippen LogP contribution is -2.11. The number of thiazole rings is 1. The molecular formula is C13H10N2O4S. The Morgan fingerprint density at radius 2 is 2.20 bits per heavy atom. The van der Waals surface area contributed by atoms with E-state index in [2.05, 4.69) is 22.1 Å². The number of aliphatic hydroxyl groups excluding tert-OH is 1. The standard InChI is InChI=1S/C13H10N2O4S/c16-5-1-2-9-7-14-13(20-9)15-12(19)10-6-8(17)3-4-11(10)18/h3-4,6-7,16-18H,5H2,(H,14,15,19). The molecule has 0 aliphatic heterocycles. The van der Waals surface area contributed by atoms with Gasteiger partial charge in [-0.25, -0.2) is 4.98 Å². The van der Waals surface area contributed by atoms with Gasteiger partial charge in [-0.2, -0.15) is 0 Å². The van der Waals surface area contributed by atoms with Crippen molar-refractivity contribution in [2.24, 2.45) is 0 Å². The molecule has 6 nitrogen and oxygen atoms in total. The summed E-state index contributed by atoms with van der Waals surface area (Å²) in [5, 5.41) is 30.2. The third-order valence-corrected chi connectivity index (χ3v) is 3.07. The summed E-state index contributed by atoms with van der Waals surface area (Å²) in [7, 11) is 0. The normalized spacial score (nSPS) is 9.65. The Bertz CT molecular complexity index is 700. The number of phenols is 2. The van der Waals surface area contributed by atoms with Gasteiger partial charge in [0.1, 0.15) is 18.1 Å². The van der Waals surface area contributed by atoms with Gasteiger partial charge in [0.2, 0.25) is 0 Å². The molecule has 0 saturated carbocycles. The highest BCUT2D eigenvalue weighted by Crippen LogP contribution is 2.24. The van der Waals surface area contributed by atoms with Crippen LogP contribution in [0.15, 0.2) is 24.4 Å². The number of anilines is 1. The molecule has 0 fully saturated rings. The Balaban J connectivity index is 2.15. The molecule has 20 heavy (non-hydrogen) atoms. The van der Waals surface area contributed by atoms with Crippen LogP contribution in [0, 0.1) is 11.8 Å². The first-order valence-electron chi connectivity index (χ1n) is 5.49. The maximum Gasteiger partial charge on any atom is 0.261 e. The SMILES string of the molecule is O=C(Nc1ncc(C#CCO)s1)c1cc(O)ccc1O. The molecule has 0 unspecified atom stereocenters. The number of hydrogen-bond donors (Lipinski definition) is 4. The van der Waals surface area contributed by atoms with E-state index in [0.29, 0.717) is 10.0 Å². The van der Waals surface area contributed by atoms with Crippen molar-refractivity contribution in [3.63, 3.8) is 0 Å². The van der Waals surface area contributed by atoms with E-state index in [9.17, 15) is 15.0 Å².